The van der Waals surface area contributed by atoms with Gasteiger partial charge in [0, 0.05) is 39.4 Å². The van der Waals surface area contributed by atoms with Crippen LogP contribution in [0.2, 0.25) is 0 Å². The monoisotopic (exact) mass is 539 g/mol. The van der Waals surface area contributed by atoms with Crippen molar-refractivity contribution in [3.63, 3.8) is 0 Å². The molecule has 8 heteroatoms. The predicted molar refractivity (Wildman–Crippen MR) is 139 cm³/mol. The number of guanidine groups is 1. The van der Waals surface area contributed by atoms with Crippen molar-refractivity contribution in [3.05, 3.63) is 42.0 Å². The van der Waals surface area contributed by atoms with Gasteiger partial charge in [0.1, 0.15) is 12.4 Å². The van der Waals surface area contributed by atoms with E-state index in [0.29, 0.717) is 12.0 Å². The number of rotatable bonds is 10. The molecule has 1 aromatic carbocycles. The Kier molecular flexibility index (Phi) is 10.1. The molecule has 1 fully saturated rings. The molecule has 2 N–H and O–H groups in total. The standard InChI is InChI=1S/C23H37N7.HI/c1-5-23(13-9-14-23)18-26-22(25-17-21-28-27-19(2)30(21)4)24-15-10-16-29(3)20-11-7-6-8-12-20;/h6-8,11-12H,5,9-10,13-18H2,1-4H3,(H2,24,25,26);1H. The van der Waals surface area contributed by atoms with Gasteiger partial charge in [-0.15, -0.1) is 34.2 Å². The van der Waals surface area contributed by atoms with E-state index in [0.717, 1.165) is 43.7 Å². The second-order valence-electron chi connectivity index (χ2n) is 8.49. The maximum Gasteiger partial charge on any atom is 0.191 e. The molecule has 0 unspecified atom stereocenters. The van der Waals surface area contributed by atoms with Gasteiger partial charge in [-0.3, -0.25) is 0 Å². The number of halogens is 1. The van der Waals surface area contributed by atoms with E-state index < -0.39 is 0 Å². The lowest BCUT2D eigenvalue weighted by atomic mass is 9.67. The lowest BCUT2D eigenvalue weighted by molar-refractivity contribution is 0.131. The molecule has 172 valence electrons. The van der Waals surface area contributed by atoms with Crippen LogP contribution in [0.4, 0.5) is 5.69 Å². The first-order chi connectivity index (χ1) is 14.5. The first kappa shape index (κ1) is 25.4. The second-order valence-corrected chi connectivity index (χ2v) is 8.49. The van der Waals surface area contributed by atoms with Crippen molar-refractivity contribution in [2.24, 2.45) is 17.5 Å². The molecule has 0 radical (unpaired) electrons. The summed E-state index contributed by atoms with van der Waals surface area (Å²) in [5.41, 5.74) is 1.69. The van der Waals surface area contributed by atoms with E-state index >= 15 is 0 Å². The Morgan fingerprint density at radius 2 is 1.94 bits per heavy atom. The summed E-state index contributed by atoms with van der Waals surface area (Å²) in [6, 6.07) is 10.5. The number of aryl methyl sites for hydroxylation is 1. The average molecular weight is 540 g/mol. The molecule has 31 heavy (non-hydrogen) atoms. The van der Waals surface area contributed by atoms with Gasteiger partial charge in [0.2, 0.25) is 0 Å². The van der Waals surface area contributed by atoms with Crippen LogP contribution in [0.15, 0.2) is 35.3 Å². The molecular formula is C23H38IN7. The summed E-state index contributed by atoms with van der Waals surface area (Å²) in [5.74, 6) is 2.66. The normalized spacial score (nSPS) is 15.0. The smallest absolute Gasteiger partial charge is 0.191 e. The Balaban J connectivity index is 0.00000341. The van der Waals surface area contributed by atoms with Crippen molar-refractivity contribution in [3.8, 4) is 0 Å². The summed E-state index contributed by atoms with van der Waals surface area (Å²) in [5, 5.41) is 15.5. The summed E-state index contributed by atoms with van der Waals surface area (Å²) in [6.07, 6.45) is 6.23. The lowest BCUT2D eigenvalue weighted by Crippen LogP contribution is -2.46. The van der Waals surface area contributed by atoms with Gasteiger partial charge in [0.25, 0.3) is 0 Å². The fourth-order valence-electron chi connectivity index (χ4n) is 3.85. The third-order valence-electron chi connectivity index (χ3n) is 6.52. The highest BCUT2D eigenvalue weighted by Crippen LogP contribution is 2.42. The molecule has 0 aliphatic heterocycles. The van der Waals surface area contributed by atoms with Crippen molar-refractivity contribution in [2.45, 2.75) is 52.5 Å². The number of hydrogen-bond donors (Lipinski definition) is 2. The third-order valence-corrected chi connectivity index (χ3v) is 6.52. The van der Waals surface area contributed by atoms with Crippen molar-refractivity contribution < 1.29 is 0 Å². The molecule has 0 bridgehead atoms. The molecule has 1 aliphatic carbocycles. The average Bonchev–Trinajstić information content (AvgIpc) is 3.06. The molecule has 3 rings (SSSR count). The van der Waals surface area contributed by atoms with E-state index in [1.807, 2.05) is 18.5 Å². The second kappa shape index (κ2) is 12.3. The Morgan fingerprint density at radius 1 is 1.19 bits per heavy atom. The SMILES string of the molecule is CCC1(CNC(=NCc2nnc(C)n2C)NCCCN(C)c2ccccc2)CCC1.I. The van der Waals surface area contributed by atoms with Crippen molar-refractivity contribution in [1.82, 2.24) is 25.4 Å². The minimum Gasteiger partial charge on any atom is -0.375 e. The van der Waals surface area contributed by atoms with E-state index in [1.165, 1.54) is 31.4 Å². The molecule has 0 saturated heterocycles. The van der Waals surface area contributed by atoms with Gasteiger partial charge < -0.3 is 20.1 Å². The zero-order chi connectivity index (χ0) is 21.4. The van der Waals surface area contributed by atoms with Crippen LogP contribution < -0.4 is 15.5 Å². The Bertz CT molecular complexity index is 809. The van der Waals surface area contributed by atoms with Gasteiger partial charge in [0.05, 0.1) is 0 Å². The number of anilines is 1. The van der Waals surface area contributed by atoms with Crippen LogP contribution in [0, 0.1) is 12.3 Å². The maximum atomic E-state index is 4.80. The molecule has 1 saturated carbocycles. The van der Waals surface area contributed by atoms with E-state index in [2.05, 4.69) is 70.0 Å². The van der Waals surface area contributed by atoms with Gasteiger partial charge in [-0.25, -0.2) is 4.99 Å². The maximum absolute atomic E-state index is 4.80. The number of benzene rings is 1. The van der Waals surface area contributed by atoms with Crippen LogP contribution in [0.5, 0.6) is 0 Å². The topological polar surface area (TPSA) is 70.4 Å². The molecule has 0 amide bonds. The van der Waals surface area contributed by atoms with Gasteiger partial charge in [-0.05, 0) is 50.2 Å². The highest BCUT2D eigenvalue weighted by molar-refractivity contribution is 14.0. The van der Waals surface area contributed by atoms with Crippen LogP contribution in [0.25, 0.3) is 0 Å². The van der Waals surface area contributed by atoms with Gasteiger partial charge in [-0.2, -0.15) is 0 Å². The number of para-hydroxylation sites is 1. The Labute approximate surface area is 204 Å². The molecule has 1 aliphatic rings. The first-order valence-electron chi connectivity index (χ1n) is 11.2. The van der Waals surface area contributed by atoms with Crippen LogP contribution in [0.3, 0.4) is 0 Å². The molecule has 0 atom stereocenters. The zero-order valence-electron chi connectivity index (χ0n) is 19.4. The summed E-state index contributed by atoms with van der Waals surface area (Å²) in [7, 11) is 4.13. The number of aliphatic imine (C=N–C) groups is 1. The number of aromatic nitrogens is 3. The molecule has 0 spiro atoms. The highest BCUT2D eigenvalue weighted by Gasteiger charge is 2.34. The van der Waals surface area contributed by atoms with Crippen molar-refractivity contribution in [1.29, 1.82) is 0 Å². The van der Waals surface area contributed by atoms with E-state index in [4.69, 9.17) is 4.99 Å². The van der Waals surface area contributed by atoms with E-state index in [1.54, 1.807) is 0 Å². The van der Waals surface area contributed by atoms with Gasteiger partial charge in [-0.1, -0.05) is 31.5 Å². The van der Waals surface area contributed by atoms with E-state index in [9.17, 15) is 0 Å². The largest absolute Gasteiger partial charge is 0.375 e. The van der Waals surface area contributed by atoms with Crippen LogP contribution in [0.1, 0.15) is 50.7 Å². The summed E-state index contributed by atoms with van der Waals surface area (Å²) < 4.78 is 2.00. The van der Waals surface area contributed by atoms with Crippen LogP contribution in [-0.4, -0.2) is 47.4 Å². The fourth-order valence-corrected chi connectivity index (χ4v) is 3.85. The predicted octanol–water partition coefficient (Wildman–Crippen LogP) is 3.88. The summed E-state index contributed by atoms with van der Waals surface area (Å²) in [6.45, 7) is 7.63. The Morgan fingerprint density at radius 3 is 2.52 bits per heavy atom. The van der Waals surface area contributed by atoms with Crippen molar-refractivity contribution >= 4 is 35.6 Å². The van der Waals surface area contributed by atoms with Gasteiger partial charge in [0.15, 0.2) is 11.8 Å². The van der Waals surface area contributed by atoms with Crippen LogP contribution in [-0.2, 0) is 13.6 Å². The number of nitrogens with zero attached hydrogens (tertiary/aromatic N) is 5. The summed E-state index contributed by atoms with van der Waals surface area (Å²) >= 11 is 0. The summed E-state index contributed by atoms with van der Waals surface area (Å²) in [4.78, 5) is 7.08. The van der Waals surface area contributed by atoms with Crippen molar-refractivity contribution in [2.75, 3.05) is 31.6 Å². The van der Waals surface area contributed by atoms with E-state index in [-0.39, 0.29) is 24.0 Å². The zero-order valence-corrected chi connectivity index (χ0v) is 21.7. The van der Waals surface area contributed by atoms with Gasteiger partial charge >= 0.3 is 0 Å². The number of hydrogen-bond acceptors (Lipinski definition) is 4. The highest BCUT2D eigenvalue weighted by atomic mass is 127. The molecule has 2 aromatic rings. The van der Waals surface area contributed by atoms with Crippen LogP contribution >= 0.6 is 24.0 Å². The first-order valence-corrected chi connectivity index (χ1v) is 11.2. The number of nitrogens with one attached hydrogen (secondary N) is 2. The molecule has 7 nitrogen and oxygen atoms in total. The fraction of sp³-hybridized carbons (Fsp3) is 0.609. The minimum atomic E-state index is 0. The molecule has 1 aromatic heterocycles. The Hall–Kier alpha value is -1.84. The quantitative estimate of drug-likeness (QED) is 0.208. The third kappa shape index (κ3) is 7.08. The minimum absolute atomic E-state index is 0. The molecular weight excluding hydrogens is 501 g/mol. The molecule has 1 heterocycles. The lowest BCUT2D eigenvalue weighted by Gasteiger charge is -2.41.